The first-order chi connectivity index (χ1) is 10.8. The highest BCUT2D eigenvalue weighted by Crippen LogP contribution is 2.18. The molecule has 0 unspecified atom stereocenters. The van der Waals surface area contributed by atoms with Gasteiger partial charge in [-0.05, 0) is 24.6 Å². The highest BCUT2D eigenvalue weighted by molar-refractivity contribution is 5.80. The molecule has 1 aliphatic rings. The average Bonchev–Trinajstić information content (AvgIpc) is 3.11. The van der Waals surface area contributed by atoms with Crippen LogP contribution in [0.3, 0.4) is 0 Å². The van der Waals surface area contributed by atoms with Crippen molar-refractivity contribution in [3.05, 3.63) is 43.0 Å². The van der Waals surface area contributed by atoms with E-state index in [1.54, 1.807) is 17.1 Å². The fourth-order valence-corrected chi connectivity index (χ4v) is 2.88. The molecule has 1 fully saturated rings. The molecule has 0 saturated carbocycles. The van der Waals surface area contributed by atoms with Crippen molar-refractivity contribution in [3.8, 4) is 0 Å². The second-order valence-electron chi connectivity index (χ2n) is 5.43. The van der Waals surface area contributed by atoms with Gasteiger partial charge in [-0.1, -0.05) is 6.92 Å². The Morgan fingerprint density at radius 2 is 2.05 bits per heavy atom. The van der Waals surface area contributed by atoms with Gasteiger partial charge in [0.15, 0.2) is 0 Å². The monoisotopic (exact) mass is 299 g/mol. The number of pyridine rings is 1. The van der Waals surface area contributed by atoms with Crippen molar-refractivity contribution in [1.82, 2.24) is 19.7 Å². The zero-order valence-corrected chi connectivity index (χ0v) is 12.8. The molecule has 0 aromatic carbocycles. The molecule has 0 aliphatic carbocycles. The molecule has 3 rings (SSSR count). The minimum Gasteiger partial charge on any atom is -0.367 e. The summed E-state index contributed by atoms with van der Waals surface area (Å²) in [5, 5.41) is 4.22. The third kappa shape index (κ3) is 2.95. The predicted molar refractivity (Wildman–Crippen MR) is 84.6 cm³/mol. The number of amides is 1. The molecule has 1 amide bonds. The van der Waals surface area contributed by atoms with Crippen LogP contribution in [0.5, 0.6) is 0 Å². The van der Waals surface area contributed by atoms with Crippen molar-refractivity contribution in [3.63, 3.8) is 0 Å². The van der Waals surface area contributed by atoms with Gasteiger partial charge in [-0.3, -0.25) is 14.5 Å². The van der Waals surface area contributed by atoms with Gasteiger partial charge < -0.3 is 9.80 Å². The third-order valence-electron chi connectivity index (χ3n) is 4.12. The molecular formula is C16H21N5O. The van der Waals surface area contributed by atoms with Gasteiger partial charge in [0, 0.05) is 44.8 Å². The lowest BCUT2D eigenvalue weighted by molar-refractivity contribution is -0.135. The summed E-state index contributed by atoms with van der Waals surface area (Å²) in [6, 6.07) is 5.66. The van der Waals surface area contributed by atoms with Crippen molar-refractivity contribution in [2.45, 2.75) is 19.4 Å². The average molecular weight is 299 g/mol. The highest BCUT2D eigenvalue weighted by Gasteiger charge is 2.27. The molecule has 0 bridgehead atoms. The Bertz CT molecular complexity index is 590. The van der Waals surface area contributed by atoms with Gasteiger partial charge in [0.05, 0.1) is 11.9 Å². The number of rotatable bonds is 4. The minimum absolute atomic E-state index is 0.164. The number of aromatic nitrogens is 3. The topological polar surface area (TPSA) is 54.3 Å². The largest absolute Gasteiger partial charge is 0.367 e. The molecule has 6 heteroatoms. The first-order valence-corrected chi connectivity index (χ1v) is 7.72. The maximum Gasteiger partial charge on any atom is 0.247 e. The Hall–Kier alpha value is -2.37. The number of carbonyl (C=O) groups excluding carboxylic acids is 1. The summed E-state index contributed by atoms with van der Waals surface area (Å²) >= 11 is 0. The fraction of sp³-hybridized carbons (Fsp3) is 0.438. The van der Waals surface area contributed by atoms with Gasteiger partial charge in [-0.2, -0.15) is 5.10 Å². The van der Waals surface area contributed by atoms with E-state index in [1.807, 2.05) is 36.4 Å². The summed E-state index contributed by atoms with van der Waals surface area (Å²) in [4.78, 5) is 21.1. The van der Waals surface area contributed by atoms with Crippen molar-refractivity contribution in [2.24, 2.45) is 0 Å². The summed E-state index contributed by atoms with van der Waals surface area (Å²) in [6.07, 6.45) is 7.98. The number of piperazine rings is 1. The van der Waals surface area contributed by atoms with Crippen LogP contribution in [0.15, 0.2) is 43.0 Å². The van der Waals surface area contributed by atoms with Gasteiger partial charge in [0.2, 0.25) is 5.91 Å². The Balaban J connectivity index is 1.62. The van der Waals surface area contributed by atoms with Crippen LogP contribution in [0.2, 0.25) is 0 Å². The lowest BCUT2D eigenvalue weighted by atomic mass is 10.1. The summed E-state index contributed by atoms with van der Waals surface area (Å²) in [7, 11) is 0. The van der Waals surface area contributed by atoms with Gasteiger partial charge in [0.25, 0.3) is 0 Å². The van der Waals surface area contributed by atoms with E-state index < -0.39 is 0 Å². The van der Waals surface area contributed by atoms with Crippen molar-refractivity contribution >= 4 is 11.6 Å². The molecule has 0 spiro atoms. The summed E-state index contributed by atoms with van der Waals surface area (Å²) in [6.45, 7) is 5.19. The van der Waals surface area contributed by atoms with Crippen LogP contribution in [-0.2, 0) is 4.79 Å². The second-order valence-corrected chi connectivity index (χ2v) is 5.43. The lowest BCUT2D eigenvalue weighted by Crippen LogP contribution is -2.50. The molecule has 1 atom stereocenters. The van der Waals surface area contributed by atoms with Crippen LogP contribution >= 0.6 is 0 Å². The molecule has 1 saturated heterocycles. The van der Waals surface area contributed by atoms with Gasteiger partial charge in [-0.25, -0.2) is 0 Å². The van der Waals surface area contributed by atoms with Crippen molar-refractivity contribution < 1.29 is 4.79 Å². The summed E-state index contributed by atoms with van der Waals surface area (Å²) in [5.74, 6) is 0.164. The van der Waals surface area contributed by atoms with Crippen LogP contribution in [0.25, 0.3) is 0 Å². The first kappa shape index (κ1) is 14.6. The van der Waals surface area contributed by atoms with E-state index in [0.29, 0.717) is 0 Å². The smallest absolute Gasteiger partial charge is 0.247 e. The predicted octanol–water partition coefficient (Wildman–Crippen LogP) is 1.58. The van der Waals surface area contributed by atoms with E-state index in [2.05, 4.69) is 21.0 Å². The zero-order valence-electron chi connectivity index (χ0n) is 12.8. The fourth-order valence-electron chi connectivity index (χ4n) is 2.88. The van der Waals surface area contributed by atoms with Crippen LogP contribution < -0.4 is 4.90 Å². The molecule has 0 radical (unpaired) electrons. The number of nitrogens with zero attached hydrogens (tertiary/aromatic N) is 5. The second kappa shape index (κ2) is 6.60. The van der Waals surface area contributed by atoms with Crippen molar-refractivity contribution in [2.75, 3.05) is 31.1 Å². The molecule has 1 aliphatic heterocycles. The molecule has 116 valence electrons. The quantitative estimate of drug-likeness (QED) is 0.860. The molecule has 2 aromatic heterocycles. The Labute approximate surface area is 130 Å². The molecule has 3 heterocycles. The highest BCUT2D eigenvalue weighted by atomic mass is 16.2. The maximum atomic E-state index is 12.7. The van der Waals surface area contributed by atoms with Gasteiger partial charge in [0.1, 0.15) is 6.04 Å². The third-order valence-corrected chi connectivity index (χ3v) is 4.12. The number of hydrogen-bond acceptors (Lipinski definition) is 4. The number of carbonyl (C=O) groups is 1. The molecule has 0 N–H and O–H groups in total. The zero-order chi connectivity index (χ0) is 15.4. The van der Waals surface area contributed by atoms with Gasteiger partial charge >= 0.3 is 0 Å². The Morgan fingerprint density at radius 3 is 2.64 bits per heavy atom. The van der Waals surface area contributed by atoms with Crippen molar-refractivity contribution in [1.29, 1.82) is 0 Å². The van der Waals surface area contributed by atoms with Crippen LogP contribution in [0.4, 0.5) is 5.69 Å². The molecule has 6 nitrogen and oxygen atoms in total. The normalized spacial score (nSPS) is 16.6. The van der Waals surface area contributed by atoms with E-state index in [4.69, 9.17) is 0 Å². The number of anilines is 1. The molecule has 2 aromatic rings. The molecular weight excluding hydrogens is 278 g/mol. The van der Waals surface area contributed by atoms with E-state index in [9.17, 15) is 4.79 Å². The van der Waals surface area contributed by atoms with Crippen LogP contribution in [-0.4, -0.2) is 51.8 Å². The summed E-state index contributed by atoms with van der Waals surface area (Å²) in [5.41, 5.74) is 1.12. The molecule has 22 heavy (non-hydrogen) atoms. The maximum absolute atomic E-state index is 12.7. The standard InChI is InChI=1S/C16H21N5O/c1-2-15(21-8-4-7-18-21)16(22)20-11-9-19(10-12-20)14-5-3-6-17-13-14/h3-8,13,15H,2,9-12H2,1H3/t15-/m0/s1. The minimum atomic E-state index is -0.194. The number of hydrogen-bond donors (Lipinski definition) is 0. The SMILES string of the molecule is CC[C@@H](C(=O)N1CCN(c2cccnc2)CC1)n1cccn1. The Morgan fingerprint density at radius 1 is 1.23 bits per heavy atom. The van der Waals surface area contributed by atoms with Crippen LogP contribution in [0.1, 0.15) is 19.4 Å². The van der Waals surface area contributed by atoms with Crippen LogP contribution in [0, 0.1) is 0 Å². The lowest BCUT2D eigenvalue weighted by Gasteiger charge is -2.37. The van der Waals surface area contributed by atoms with Gasteiger partial charge in [-0.15, -0.1) is 0 Å². The first-order valence-electron chi connectivity index (χ1n) is 7.72. The summed E-state index contributed by atoms with van der Waals surface area (Å²) < 4.78 is 1.76. The van der Waals surface area contributed by atoms with E-state index >= 15 is 0 Å². The van der Waals surface area contributed by atoms with E-state index in [1.165, 1.54) is 0 Å². The van der Waals surface area contributed by atoms with E-state index in [0.717, 1.165) is 38.3 Å². The van der Waals surface area contributed by atoms with E-state index in [-0.39, 0.29) is 11.9 Å². The Kier molecular flexibility index (Phi) is 4.37.